The van der Waals surface area contributed by atoms with E-state index in [2.05, 4.69) is 20.7 Å². The van der Waals surface area contributed by atoms with Crippen molar-refractivity contribution in [3.63, 3.8) is 0 Å². The van der Waals surface area contributed by atoms with E-state index in [0.717, 1.165) is 7.11 Å². The van der Waals surface area contributed by atoms with Crippen LogP contribution in [-0.4, -0.2) is 23.0 Å². The zero-order chi connectivity index (χ0) is 16.5. The van der Waals surface area contributed by atoms with Gasteiger partial charge in [0, 0.05) is 3.57 Å². The fourth-order valence-electron chi connectivity index (χ4n) is 1.43. The number of amides is 2. The van der Waals surface area contributed by atoms with E-state index in [9.17, 15) is 14.0 Å². The zero-order valence-electron chi connectivity index (χ0n) is 10.1. The number of alkyl halides is 3. The van der Waals surface area contributed by atoms with Gasteiger partial charge in [-0.3, -0.25) is 0 Å². The van der Waals surface area contributed by atoms with E-state index in [4.69, 9.17) is 40.5 Å². The van der Waals surface area contributed by atoms with Gasteiger partial charge in [0.15, 0.2) is 5.82 Å². The fourth-order valence-corrected chi connectivity index (χ4v) is 2.79. The first-order valence-corrected chi connectivity index (χ1v) is 7.95. The number of rotatable bonds is 2. The Morgan fingerprint density at radius 2 is 2.00 bits per heavy atom. The highest BCUT2D eigenvalue weighted by Crippen LogP contribution is 2.41. The maximum Gasteiger partial charge on any atom is 0.340 e. The van der Waals surface area contributed by atoms with Crippen LogP contribution in [-0.2, 0) is 4.74 Å². The van der Waals surface area contributed by atoms with Crippen LogP contribution in [0.4, 0.5) is 14.9 Å². The SMILES string of the molecule is COC(=O)c1cc(I)c(Br)c(F)c1N(C(N)=O)C(Cl)(Cl)Cl. The lowest BCUT2D eigenvalue weighted by atomic mass is 10.1. The molecule has 0 radical (unpaired) electrons. The quantitative estimate of drug-likeness (QED) is 0.204. The number of ether oxygens (including phenoxy) is 1. The number of hydrogen-bond donors (Lipinski definition) is 1. The van der Waals surface area contributed by atoms with Gasteiger partial charge in [-0.1, -0.05) is 34.8 Å². The standard InChI is InChI=1S/C10H6BrCl3FIN2O3/c1-21-8(19)3-2-4(16)5(11)6(15)7(3)18(9(17)20)10(12,13)14/h2H,1H3,(H2,17,20). The van der Waals surface area contributed by atoms with Gasteiger partial charge >= 0.3 is 12.0 Å². The van der Waals surface area contributed by atoms with Gasteiger partial charge in [0.2, 0.25) is 0 Å². The minimum Gasteiger partial charge on any atom is -0.465 e. The number of esters is 1. The van der Waals surface area contributed by atoms with Crippen LogP contribution in [0.5, 0.6) is 0 Å². The molecule has 0 unspecified atom stereocenters. The lowest BCUT2D eigenvalue weighted by Gasteiger charge is -2.29. The first-order valence-electron chi connectivity index (χ1n) is 4.94. The number of carbonyl (C=O) groups excluding carboxylic acids is 2. The second-order valence-corrected chi connectivity index (χ2v) is 7.69. The summed E-state index contributed by atoms with van der Waals surface area (Å²) in [6.45, 7) is 0. The molecule has 2 amide bonds. The smallest absolute Gasteiger partial charge is 0.340 e. The zero-order valence-corrected chi connectivity index (χ0v) is 16.1. The predicted octanol–water partition coefficient (Wildman–Crippen LogP) is 4.19. The Labute approximate surface area is 156 Å². The van der Waals surface area contributed by atoms with Gasteiger partial charge in [0.25, 0.3) is 3.92 Å². The summed E-state index contributed by atoms with van der Waals surface area (Å²) < 4.78 is 16.9. The van der Waals surface area contributed by atoms with Crippen molar-refractivity contribution in [3.05, 3.63) is 25.5 Å². The molecule has 1 rings (SSSR count). The summed E-state index contributed by atoms with van der Waals surface area (Å²) >= 11 is 21.6. The molecule has 0 heterocycles. The Morgan fingerprint density at radius 3 is 2.38 bits per heavy atom. The number of carbonyl (C=O) groups is 2. The van der Waals surface area contributed by atoms with Crippen molar-refractivity contribution in [2.75, 3.05) is 12.0 Å². The van der Waals surface area contributed by atoms with Gasteiger partial charge < -0.3 is 10.5 Å². The number of halogens is 6. The van der Waals surface area contributed by atoms with Gasteiger partial charge in [0.1, 0.15) is 5.69 Å². The number of hydrogen-bond acceptors (Lipinski definition) is 3. The summed E-state index contributed by atoms with van der Waals surface area (Å²) in [5, 5.41) is 0. The number of urea groups is 1. The minimum absolute atomic E-state index is 0.0220. The Bertz CT molecular complexity index is 612. The third-order valence-corrected chi connectivity index (χ3v) is 5.11. The molecule has 0 saturated heterocycles. The van der Waals surface area contributed by atoms with Crippen molar-refractivity contribution in [2.24, 2.45) is 5.73 Å². The maximum absolute atomic E-state index is 14.5. The lowest BCUT2D eigenvalue weighted by molar-refractivity contribution is 0.0601. The molecule has 0 aromatic heterocycles. The Morgan fingerprint density at radius 1 is 1.48 bits per heavy atom. The van der Waals surface area contributed by atoms with E-state index < -0.39 is 27.4 Å². The molecule has 0 fully saturated rings. The number of primary amides is 1. The maximum atomic E-state index is 14.5. The summed E-state index contributed by atoms with van der Waals surface area (Å²) in [6.07, 6.45) is 0. The molecule has 0 bridgehead atoms. The van der Waals surface area contributed by atoms with Crippen molar-refractivity contribution < 1.29 is 18.7 Å². The molecule has 0 aliphatic rings. The summed E-state index contributed by atoms with van der Waals surface area (Å²) in [6, 6.07) is 0.00786. The largest absolute Gasteiger partial charge is 0.465 e. The van der Waals surface area contributed by atoms with Gasteiger partial charge in [-0.25, -0.2) is 18.9 Å². The Hall–Kier alpha value is -0.0300. The number of benzene rings is 1. The Balaban J connectivity index is 3.77. The van der Waals surface area contributed by atoms with E-state index in [0.29, 0.717) is 8.47 Å². The summed E-state index contributed by atoms with van der Waals surface area (Å²) in [5.41, 5.74) is 4.21. The van der Waals surface area contributed by atoms with Crippen LogP contribution >= 0.6 is 73.3 Å². The van der Waals surface area contributed by atoms with Crippen LogP contribution in [0.15, 0.2) is 10.5 Å². The predicted molar refractivity (Wildman–Crippen MR) is 90.5 cm³/mol. The monoisotopic (exact) mass is 532 g/mol. The lowest BCUT2D eigenvalue weighted by Crippen LogP contribution is -2.45. The third kappa shape index (κ3) is 4.04. The van der Waals surface area contributed by atoms with Crippen LogP contribution in [0.2, 0.25) is 0 Å². The number of nitrogens with zero attached hydrogens (tertiary/aromatic N) is 1. The molecule has 5 nitrogen and oxygen atoms in total. The van der Waals surface area contributed by atoms with Gasteiger partial charge in [-0.15, -0.1) is 0 Å². The molecule has 0 spiro atoms. The van der Waals surface area contributed by atoms with Crippen LogP contribution < -0.4 is 10.6 Å². The second-order valence-electron chi connectivity index (χ2n) is 3.52. The molecule has 2 N–H and O–H groups in total. The Kier molecular flexibility index (Phi) is 6.37. The molecule has 0 atom stereocenters. The minimum atomic E-state index is -2.40. The molecule has 1 aromatic carbocycles. The molecule has 21 heavy (non-hydrogen) atoms. The van der Waals surface area contributed by atoms with Crippen LogP contribution in [0, 0.1) is 9.39 Å². The first kappa shape index (κ1) is 19.0. The van der Waals surface area contributed by atoms with Crippen molar-refractivity contribution in [1.82, 2.24) is 0 Å². The van der Waals surface area contributed by atoms with Gasteiger partial charge in [0.05, 0.1) is 17.1 Å². The van der Waals surface area contributed by atoms with Crippen molar-refractivity contribution >= 4 is 91.0 Å². The summed E-state index contributed by atoms with van der Waals surface area (Å²) in [5.74, 6) is -1.91. The molecule has 0 aliphatic heterocycles. The van der Waals surface area contributed by atoms with Crippen LogP contribution in [0.3, 0.4) is 0 Å². The van der Waals surface area contributed by atoms with E-state index in [1.165, 1.54) is 6.07 Å². The summed E-state index contributed by atoms with van der Waals surface area (Å²) in [7, 11) is 1.09. The highest BCUT2D eigenvalue weighted by Gasteiger charge is 2.39. The number of nitrogens with two attached hydrogens (primary N) is 1. The number of anilines is 1. The average molecular weight is 534 g/mol. The van der Waals surface area contributed by atoms with Gasteiger partial charge in [-0.05, 0) is 44.6 Å². The average Bonchev–Trinajstić information content (AvgIpc) is 2.36. The second kappa shape index (κ2) is 7.03. The van der Waals surface area contributed by atoms with Gasteiger partial charge in [-0.2, -0.15) is 0 Å². The third-order valence-electron chi connectivity index (χ3n) is 2.24. The number of methoxy groups -OCH3 is 1. The fraction of sp³-hybridized carbons (Fsp3) is 0.200. The van der Waals surface area contributed by atoms with E-state index in [1.807, 2.05) is 0 Å². The van der Waals surface area contributed by atoms with E-state index in [-0.39, 0.29) is 10.0 Å². The molecular formula is C10H6BrCl3FIN2O3. The van der Waals surface area contributed by atoms with Crippen LogP contribution in [0.1, 0.15) is 10.4 Å². The van der Waals surface area contributed by atoms with Crippen LogP contribution in [0.25, 0.3) is 0 Å². The van der Waals surface area contributed by atoms with Crippen molar-refractivity contribution in [3.8, 4) is 0 Å². The molecule has 0 aliphatic carbocycles. The first-order chi connectivity index (χ1) is 9.52. The molecule has 11 heteroatoms. The topological polar surface area (TPSA) is 72.6 Å². The summed E-state index contributed by atoms with van der Waals surface area (Å²) in [4.78, 5) is 23.6. The van der Waals surface area contributed by atoms with Crippen molar-refractivity contribution in [1.29, 1.82) is 0 Å². The molecule has 116 valence electrons. The van der Waals surface area contributed by atoms with Crippen molar-refractivity contribution in [2.45, 2.75) is 3.92 Å². The molecular weight excluding hydrogens is 528 g/mol. The highest BCUT2D eigenvalue weighted by atomic mass is 127. The van der Waals surface area contributed by atoms with E-state index in [1.54, 1.807) is 22.6 Å². The highest BCUT2D eigenvalue weighted by molar-refractivity contribution is 14.1. The van der Waals surface area contributed by atoms with E-state index >= 15 is 0 Å². The normalized spacial score (nSPS) is 11.2. The molecule has 0 saturated carbocycles. The molecule has 1 aromatic rings.